The molecule has 0 aliphatic heterocycles. The number of nitrogens with zero attached hydrogens (tertiary/aromatic N) is 3. The Balaban J connectivity index is 1.63. The Morgan fingerprint density at radius 2 is 1.89 bits per heavy atom. The number of nitro groups is 1. The molecule has 1 N–H and O–H groups in total. The van der Waals surface area contributed by atoms with Gasteiger partial charge in [-0.15, -0.1) is 11.3 Å². The van der Waals surface area contributed by atoms with Crippen molar-refractivity contribution in [3.05, 3.63) is 81.2 Å². The molecule has 132 valence electrons. The number of hydrogen-bond acceptors (Lipinski definition) is 6. The second kappa shape index (κ2) is 8.03. The van der Waals surface area contributed by atoms with E-state index in [-0.39, 0.29) is 11.6 Å². The fourth-order valence-corrected chi connectivity index (χ4v) is 2.93. The zero-order valence-electron chi connectivity index (χ0n) is 13.8. The molecule has 27 heavy (non-hydrogen) atoms. The van der Waals surface area contributed by atoms with Crippen LogP contribution in [0.5, 0.6) is 0 Å². The van der Waals surface area contributed by atoms with Crippen molar-refractivity contribution in [3.8, 4) is 17.3 Å². The molecule has 1 aromatic heterocycles. The van der Waals surface area contributed by atoms with Gasteiger partial charge in [-0.3, -0.25) is 20.2 Å². The van der Waals surface area contributed by atoms with Crippen LogP contribution in [-0.4, -0.2) is 15.8 Å². The summed E-state index contributed by atoms with van der Waals surface area (Å²) in [4.78, 5) is 26.5. The first-order valence-corrected chi connectivity index (χ1v) is 8.63. The van der Waals surface area contributed by atoms with Gasteiger partial charge in [0, 0.05) is 29.2 Å². The van der Waals surface area contributed by atoms with E-state index in [9.17, 15) is 14.9 Å². The van der Waals surface area contributed by atoms with E-state index in [4.69, 9.17) is 5.26 Å². The predicted octanol–water partition coefficient (Wildman–Crippen LogP) is 4.24. The smallest absolute Gasteiger partial charge is 0.269 e. The summed E-state index contributed by atoms with van der Waals surface area (Å²) < 4.78 is 0. The highest BCUT2D eigenvalue weighted by Gasteiger charge is 2.07. The third kappa shape index (κ3) is 4.62. The number of aromatic nitrogens is 1. The Bertz CT molecular complexity index is 1050. The van der Waals surface area contributed by atoms with Crippen molar-refractivity contribution >= 4 is 34.1 Å². The molecule has 8 heteroatoms. The molecule has 0 radical (unpaired) electrons. The van der Waals surface area contributed by atoms with E-state index in [1.807, 2.05) is 5.38 Å². The van der Waals surface area contributed by atoms with Crippen molar-refractivity contribution in [2.45, 2.75) is 0 Å². The van der Waals surface area contributed by atoms with Crippen molar-refractivity contribution in [2.24, 2.45) is 0 Å². The van der Waals surface area contributed by atoms with Crippen LogP contribution >= 0.6 is 11.3 Å². The molecule has 2 aromatic carbocycles. The third-order valence-corrected chi connectivity index (χ3v) is 4.33. The van der Waals surface area contributed by atoms with E-state index >= 15 is 0 Å². The van der Waals surface area contributed by atoms with Gasteiger partial charge in [0.05, 0.1) is 22.2 Å². The van der Waals surface area contributed by atoms with Gasteiger partial charge in [-0.05, 0) is 35.9 Å². The quantitative estimate of drug-likeness (QED) is 0.407. The number of hydrogen-bond donors (Lipinski definition) is 1. The maximum atomic E-state index is 12.0. The minimum Gasteiger partial charge on any atom is -0.298 e. The summed E-state index contributed by atoms with van der Waals surface area (Å²) in [6.45, 7) is 0. The van der Waals surface area contributed by atoms with Gasteiger partial charge < -0.3 is 0 Å². The van der Waals surface area contributed by atoms with Crippen LogP contribution in [-0.2, 0) is 4.79 Å². The summed E-state index contributed by atoms with van der Waals surface area (Å²) in [5, 5.41) is 24.4. The molecule has 0 saturated carbocycles. The highest BCUT2D eigenvalue weighted by atomic mass is 32.1. The number of nitriles is 1. The van der Waals surface area contributed by atoms with Gasteiger partial charge in [0.1, 0.15) is 0 Å². The maximum Gasteiger partial charge on any atom is 0.269 e. The summed E-state index contributed by atoms with van der Waals surface area (Å²) in [6, 6.07) is 15.0. The molecule has 0 spiro atoms. The average molecular weight is 376 g/mol. The molecule has 1 heterocycles. The lowest BCUT2D eigenvalue weighted by atomic mass is 10.1. The first-order valence-electron chi connectivity index (χ1n) is 7.75. The molecule has 0 fully saturated rings. The standard InChI is InChI=1S/C19H12N4O3S/c20-11-14-1-6-15(7-2-14)17-12-27-19(21-17)22-18(24)10-5-13-3-8-16(9-4-13)23(25)26/h1-10,12H,(H,21,22,24). The molecule has 7 nitrogen and oxygen atoms in total. The first kappa shape index (κ1) is 18.0. The molecular weight excluding hydrogens is 364 g/mol. The van der Waals surface area contributed by atoms with Gasteiger partial charge in [0.25, 0.3) is 5.69 Å². The molecule has 0 aliphatic rings. The molecule has 0 unspecified atom stereocenters. The summed E-state index contributed by atoms with van der Waals surface area (Å²) in [6.07, 6.45) is 2.90. The number of thiazole rings is 1. The van der Waals surface area contributed by atoms with Crippen LogP contribution < -0.4 is 5.32 Å². The van der Waals surface area contributed by atoms with Gasteiger partial charge in [-0.25, -0.2) is 4.98 Å². The monoisotopic (exact) mass is 376 g/mol. The second-order valence-electron chi connectivity index (χ2n) is 5.40. The van der Waals surface area contributed by atoms with E-state index in [0.717, 1.165) is 5.56 Å². The van der Waals surface area contributed by atoms with Gasteiger partial charge >= 0.3 is 0 Å². The number of non-ortho nitro benzene ring substituents is 1. The summed E-state index contributed by atoms with van der Waals surface area (Å²) in [5.74, 6) is -0.353. The zero-order valence-corrected chi connectivity index (χ0v) is 14.6. The highest BCUT2D eigenvalue weighted by molar-refractivity contribution is 7.14. The van der Waals surface area contributed by atoms with Crippen molar-refractivity contribution < 1.29 is 9.72 Å². The Hall–Kier alpha value is -3.83. The van der Waals surface area contributed by atoms with Crippen LogP contribution in [0, 0.1) is 21.4 Å². The Kier molecular flexibility index (Phi) is 5.35. The molecule has 3 rings (SSSR count). The van der Waals surface area contributed by atoms with E-state index in [0.29, 0.717) is 22.0 Å². The van der Waals surface area contributed by atoms with Crippen molar-refractivity contribution in [1.29, 1.82) is 5.26 Å². The lowest BCUT2D eigenvalue weighted by Gasteiger charge is -1.98. The lowest BCUT2D eigenvalue weighted by Crippen LogP contribution is -2.07. The summed E-state index contributed by atoms with van der Waals surface area (Å²) >= 11 is 1.29. The third-order valence-electron chi connectivity index (χ3n) is 3.58. The van der Waals surface area contributed by atoms with Crippen LogP contribution in [0.2, 0.25) is 0 Å². The Morgan fingerprint density at radius 1 is 1.19 bits per heavy atom. The number of nitrogens with one attached hydrogen (secondary N) is 1. The normalized spacial score (nSPS) is 10.5. The van der Waals surface area contributed by atoms with Crippen LogP contribution in [0.1, 0.15) is 11.1 Å². The summed E-state index contributed by atoms with van der Waals surface area (Å²) in [5.41, 5.74) is 2.80. The van der Waals surface area contributed by atoms with Crippen molar-refractivity contribution in [2.75, 3.05) is 5.32 Å². The number of carbonyl (C=O) groups is 1. The molecule has 0 aliphatic carbocycles. The number of carbonyl (C=O) groups excluding carboxylic acids is 1. The van der Waals surface area contributed by atoms with Gasteiger partial charge in [0.15, 0.2) is 5.13 Å². The first-order chi connectivity index (χ1) is 13.0. The SMILES string of the molecule is N#Cc1ccc(-c2csc(NC(=O)C=Cc3ccc([N+](=O)[O-])cc3)n2)cc1. The number of amides is 1. The Morgan fingerprint density at radius 3 is 2.52 bits per heavy atom. The van der Waals surface area contributed by atoms with Crippen molar-refractivity contribution in [3.63, 3.8) is 0 Å². The van der Waals surface area contributed by atoms with Crippen LogP contribution in [0.25, 0.3) is 17.3 Å². The van der Waals surface area contributed by atoms with E-state index in [1.54, 1.807) is 42.5 Å². The zero-order chi connectivity index (χ0) is 19.2. The molecule has 3 aromatic rings. The Labute approximate surface area is 158 Å². The fraction of sp³-hybridized carbons (Fsp3) is 0. The number of anilines is 1. The van der Waals surface area contributed by atoms with Gasteiger partial charge in [0.2, 0.25) is 5.91 Å². The minimum atomic E-state index is -0.478. The topological polar surface area (TPSA) is 109 Å². The van der Waals surface area contributed by atoms with E-state index < -0.39 is 4.92 Å². The lowest BCUT2D eigenvalue weighted by molar-refractivity contribution is -0.384. The number of rotatable bonds is 5. The summed E-state index contributed by atoms with van der Waals surface area (Å²) in [7, 11) is 0. The molecule has 0 bridgehead atoms. The fourth-order valence-electron chi connectivity index (χ4n) is 2.21. The van der Waals surface area contributed by atoms with E-state index in [1.165, 1.54) is 29.5 Å². The average Bonchev–Trinajstić information content (AvgIpc) is 3.15. The predicted molar refractivity (Wildman–Crippen MR) is 103 cm³/mol. The largest absolute Gasteiger partial charge is 0.298 e. The van der Waals surface area contributed by atoms with Crippen molar-refractivity contribution in [1.82, 2.24) is 4.98 Å². The van der Waals surface area contributed by atoms with E-state index in [2.05, 4.69) is 16.4 Å². The van der Waals surface area contributed by atoms with Crippen LogP contribution in [0.15, 0.2) is 60.0 Å². The molecule has 1 amide bonds. The van der Waals surface area contributed by atoms with Crippen LogP contribution in [0.4, 0.5) is 10.8 Å². The molecule has 0 saturated heterocycles. The molecular formula is C19H12N4O3S. The number of benzene rings is 2. The highest BCUT2D eigenvalue weighted by Crippen LogP contribution is 2.25. The van der Waals surface area contributed by atoms with Gasteiger partial charge in [-0.2, -0.15) is 5.26 Å². The molecule has 0 atom stereocenters. The second-order valence-corrected chi connectivity index (χ2v) is 6.26. The number of nitro benzene ring substituents is 1. The maximum absolute atomic E-state index is 12.0. The van der Waals surface area contributed by atoms with Crippen LogP contribution in [0.3, 0.4) is 0 Å². The minimum absolute atomic E-state index is 0.00489. The van der Waals surface area contributed by atoms with Gasteiger partial charge in [-0.1, -0.05) is 12.1 Å².